The van der Waals surface area contributed by atoms with Crippen LogP contribution in [0.2, 0.25) is 0 Å². The largest absolute Gasteiger partial charge is 0.389 e. The Morgan fingerprint density at radius 3 is 2.69 bits per heavy atom. The van der Waals surface area contributed by atoms with E-state index < -0.39 is 12.1 Å². The number of anilines is 1. The molecule has 0 aliphatic carbocycles. The molecule has 0 heterocycles. The smallest absolute Gasteiger partial charge is 0.241 e. The lowest BCUT2D eigenvalue weighted by Gasteiger charge is -2.15. The van der Waals surface area contributed by atoms with Crippen molar-refractivity contribution in [3.8, 4) is 0 Å². The van der Waals surface area contributed by atoms with E-state index in [0.717, 1.165) is 0 Å². The average Bonchev–Trinajstić information content (AvgIpc) is 2.28. The molecule has 0 saturated carbocycles. The third-order valence-electron chi connectivity index (χ3n) is 2.45. The van der Waals surface area contributed by atoms with Crippen molar-refractivity contribution < 1.29 is 9.90 Å². The first-order valence-electron chi connectivity index (χ1n) is 5.39. The number of hydrogen-bond donors (Lipinski definition) is 3. The maximum absolute atomic E-state index is 11.6. The van der Waals surface area contributed by atoms with Crippen LogP contribution in [0.5, 0.6) is 0 Å². The molecular weight excluding hydrogens is 204 g/mol. The predicted molar refractivity (Wildman–Crippen MR) is 64.0 cm³/mol. The fourth-order valence-electron chi connectivity index (χ4n) is 1.39. The third kappa shape index (κ3) is 3.05. The van der Waals surface area contributed by atoms with Crippen LogP contribution < -0.4 is 11.1 Å². The van der Waals surface area contributed by atoms with Crippen molar-refractivity contribution in [2.24, 2.45) is 5.73 Å². The minimum absolute atomic E-state index is 0.226. The lowest BCUT2D eigenvalue weighted by molar-refractivity contribution is -0.117. The summed E-state index contributed by atoms with van der Waals surface area (Å²) in [5.41, 5.74) is 6.93. The summed E-state index contributed by atoms with van der Waals surface area (Å²) in [4.78, 5) is 11.6. The number of carbonyl (C=O) groups is 1. The number of benzene rings is 1. The zero-order chi connectivity index (χ0) is 12.1. The van der Waals surface area contributed by atoms with Gasteiger partial charge in [0.1, 0.15) is 0 Å². The molecule has 0 saturated heterocycles. The standard InChI is InChI=1S/C12H18N2O2/c1-3-10(13)12(16)14-11-7-5-4-6-9(11)8(2)15/h4-8,10,15H,3,13H2,1-2H3,(H,14,16). The predicted octanol–water partition coefficient (Wildman–Crippen LogP) is 1.42. The van der Waals surface area contributed by atoms with E-state index in [9.17, 15) is 9.90 Å². The molecule has 2 unspecified atom stereocenters. The van der Waals surface area contributed by atoms with Gasteiger partial charge in [0.25, 0.3) is 0 Å². The number of rotatable bonds is 4. The Bertz CT molecular complexity index is 364. The number of nitrogens with one attached hydrogen (secondary N) is 1. The van der Waals surface area contributed by atoms with E-state index in [0.29, 0.717) is 17.7 Å². The molecule has 2 atom stereocenters. The summed E-state index contributed by atoms with van der Waals surface area (Å²) in [6.07, 6.45) is -0.0304. The minimum Gasteiger partial charge on any atom is -0.389 e. The molecule has 0 aromatic heterocycles. The second kappa shape index (κ2) is 5.63. The van der Waals surface area contributed by atoms with Crippen molar-refractivity contribution in [2.75, 3.05) is 5.32 Å². The van der Waals surface area contributed by atoms with Gasteiger partial charge < -0.3 is 16.2 Å². The molecule has 88 valence electrons. The summed E-state index contributed by atoms with van der Waals surface area (Å²) in [7, 11) is 0. The van der Waals surface area contributed by atoms with E-state index in [2.05, 4.69) is 5.32 Å². The molecule has 1 amide bonds. The molecule has 0 spiro atoms. The van der Waals surface area contributed by atoms with E-state index in [1.54, 1.807) is 25.1 Å². The van der Waals surface area contributed by atoms with E-state index in [1.807, 2.05) is 13.0 Å². The Morgan fingerprint density at radius 1 is 1.50 bits per heavy atom. The third-order valence-corrected chi connectivity index (χ3v) is 2.45. The second-order valence-electron chi connectivity index (χ2n) is 3.77. The molecule has 16 heavy (non-hydrogen) atoms. The summed E-state index contributed by atoms with van der Waals surface area (Å²) in [6.45, 7) is 3.51. The van der Waals surface area contributed by atoms with Crippen LogP contribution in [-0.4, -0.2) is 17.1 Å². The highest BCUT2D eigenvalue weighted by atomic mass is 16.3. The van der Waals surface area contributed by atoms with Crippen LogP contribution in [0.4, 0.5) is 5.69 Å². The van der Waals surface area contributed by atoms with Crippen molar-refractivity contribution in [3.63, 3.8) is 0 Å². The summed E-state index contributed by atoms with van der Waals surface area (Å²) >= 11 is 0. The van der Waals surface area contributed by atoms with Crippen molar-refractivity contribution in [3.05, 3.63) is 29.8 Å². The molecule has 0 fully saturated rings. The molecule has 4 N–H and O–H groups in total. The van der Waals surface area contributed by atoms with E-state index in [1.165, 1.54) is 0 Å². The molecule has 0 radical (unpaired) electrons. The minimum atomic E-state index is -0.616. The van der Waals surface area contributed by atoms with Crippen LogP contribution in [-0.2, 0) is 4.79 Å². The molecule has 1 aromatic carbocycles. The van der Waals surface area contributed by atoms with Gasteiger partial charge in [-0.3, -0.25) is 4.79 Å². The summed E-state index contributed by atoms with van der Waals surface area (Å²) in [6, 6.07) is 6.64. The van der Waals surface area contributed by atoms with Crippen molar-refractivity contribution in [2.45, 2.75) is 32.4 Å². The van der Waals surface area contributed by atoms with Gasteiger partial charge in [0.2, 0.25) is 5.91 Å². The van der Waals surface area contributed by atoms with Gasteiger partial charge in [0, 0.05) is 11.3 Å². The van der Waals surface area contributed by atoms with Crippen LogP contribution >= 0.6 is 0 Å². The number of amides is 1. The molecule has 0 aliphatic rings. The van der Waals surface area contributed by atoms with Crippen molar-refractivity contribution in [1.82, 2.24) is 0 Å². The number of aliphatic hydroxyl groups excluding tert-OH is 1. The number of para-hydroxylation sites is 1. The fourth-order valence-corrected chi connectivity index (χ4v) is 1.39. The zero-order valence-electron chi connectivity index (χ0n) is 9.60. The first kappa shape index (κ1) is 12.7. The Kier molecular flexibility index (Phi) is 4.46. The lowest BCUT2D eigenvalue weighted by Crippen LogP contribution is -2.35. The Balaban J connectivity index is 2.84. The fraction of sp³-hybridized carbons (Fsp3) is 0.417. The van der Waals surface area contributed by atoms with Gasteiger partial charge in [0.05, 0.1) is 12.1 Å². The summed E-state index contributed by atoms with van der Waals surface area (Å²) in [5.74, 6) is -0.226. The van der Waals surface area contributed by atoms with Gasteiger partial charge in [-0.25, -0.2) is 0 Å². The molecule has 4 heteroatoms. The van der Waals surface area contributed by atoms with Gasteiger partial charge in [-0.1, -0.05) is 25.1 Å². The van der Waals surface area contributed by atoms with Crippen LogP contribution in [0.1, 0.15) is 31.9 Å². The van der Waals surface area contributed by atoms with Gasteiger partial charge in [-0.05, 0) is 19.4 Å². The molecule has 0 aliphatic heterocycles. The second-order valence-corrected chi connectivity index (χ2v) is 3.77. The highest BCUT2D eigenvalue weighted by Gasteiger charge is 2.14. The first-order chi connectivity index (χ1) is 7.56. The molecule has 1 rings (SSSR count). The van der Waals surface area contributed by atoms with Gasteiger partial charge >= 0.3 is 0 Å². The Hall–Kier alpha value is -1.39. The van der Waals surface area contributed by atoms with Crippen LogP contribution in [0.15, 0.2) is 24.3 Å². The van der Waals surface area contributed by atoms with Crippen molar-refractivity contribution >= 4 is 11.6 Å². The van der Waals surface area contributed by atoms with E-state index >= 15 is 0 Å². The first-order valence-corrected chi connectivity index (χ1v) is 5.39. The number of carbonyl (C=O) groups excluding carboxylic acids is 1. The molecule has 1 aromatic rings. The van der Waals surface area contributed by atoms with Crippen LogP contribution in [0, 0.1) is 0 Å². The van der Waals surface area contributed by atoms with Gasteiger partial charge in [-0.15, -0.1) is 0 Å². The Morgan fingerprint density at radius 2 is 2.12 bits per heavy atom. The van der Waals surface area contributed by atoms with E-state index in [-0.39, 0.29) is 5.91 Å². The molecular formula is C12H18N2O2. The maximum Gasteiger partial charge on any atom is 0.241 e. The SMILES string of the molecule is CCC(N)C(=O)Nc1ccccc1C(C)O. The van der Waals surface area contributed by atoms with Crippen molar-refractivity contribution in [1.29, 1.82) is 0 Å². The summed E-state index contributed by atoms with van der Waals surface area (Å²) in [5, 5.41) is 12.2. The van der Waals surface area contributed by atoms with Gasteiger partial charge in [0.15, 0.2) is 0 Å². The highest BCUT2D eigenvalue weighted by Crippen LogP contribution is 2.22. The Labute approximate surface area is 95.5 Å². The number of aliphatic hydroxyl groups is 1. The lowest BCUT2D eigenvalue weighted by atomic mass is 10.1. The number of hydrogen-bond acceptors (Lipinski definition) is 3. The quantitative estimate of drug-likeness (QED) is 0.721. The zero-order valence-corrected chi connectivity index (χ0v) is 9.60. The summed E-state index contributed by atoms with van der Waals surface area (Å²) < 4.78 is 0. The molecule has 4 nitrogen and oxygen atoms in total. The normalized spacial score (nSPS) is 14.2. The van der Waals surface area contributed by atoms with Crippen LogP contribution in [0.25, 0.3) is 0 Å². The van der Waals surface area contributed by atoms with Crippen LogP contribution in [0.3, 0.4) is 0 Å². The maximum atomic E-state index is 11.6. The number of nitrogens with two attached hydrogens (primary N) is 1. The topological polar surface area (TPSA) is 75.4 Å². The highest BCUT2D eigenvalue weighted by molar-refractivity contribution is 5.95. The van der Waals surface area contributed by atoms with E-state index in [4.69, 9.17) is 5.73 Å². The monoisotopic (exact) mass is 222 g/mol. The average molecular weight is 222 g/mol. The van der Waals surface area contributed by atoms with Gasteiger partial charge in [-0.2, -0.15) is 0 Å². The molecule has 0 bridgehead atoms.